The molecule has 1 heterocycles. The maximum atomic E-state index is 13.0. The molecule has 2 rings (SSSR count). The second-order valence-corrected chi connectivity index (χ2v) is 5.05. The van der Waals surface area contributed by atoms with Crippen molar-refractivity contribution in [2.75, 3.05) is 18.0 Å². The molecule has 1 fully saturated rings. The zero-order chi connectivity index (χ0) is 15.4. The third-order valence-corrected chi connectivity index (χ3v) is 3.72. The molecule has 5 nitrogen and oxygen atoms in total. The number of benzene rings is 1. The van der Waals surface area contributed by atoms with Gasteiger partial charge < -0.3 is 10.0 Å². The molecular formula is C15H19FN2O3. The summed E-state index contributed by atoms with van der Waals surface area (Å²) in [6.07, 6.45) is 2.09. The molecule has 1 unspecified atom stereocenters. The number of anilines is 1. The van der Waals surface area contributed by atoms with E-state index in [1.165, 1.54) is 34.1 Å². The first kappa shape index (κ1) is 15.3. The van der Waals surface area contributed by atoms with E-state index < -0.39 is 12.0 Å². The first-order valence-electron chi connectivity index (χ1n) is 7.11. The number of carbonyl (C=O) groups is 2. The number of amides is 2. The lowest BCUT2D eigenvalue weighted by molar-refractivity contribution is -0.143. The zero-order valence-electron chi connectivity index (χ0n) is 12.0. The molecule has 1 saturated heterocycles. The molecule has 0 aliphatic carbocycles. The molecule has 114 valence electrons. The van der Waals surface area contributed by atoms with E-state index in [2.05, 4.69) is 0 Å². The SMILES string of the molecule is CCN(C(=O)N1CCCCC1C(=O)O)c1ccc(F)cc1. The minimum absolute atomic E-state index is 0.337. The highest BCUT2D eigenvalue weighted by atomic mass is 19.1. The highest BCUT2D eigenvalue weighted by Crippen LogP contribution is 2.22. The van der Waals surface area contributed by atoms with Crippen molar-refractivity contribution in [3.8, 4) is 0 Å². The van der Waals surface area contributed by atoms with Crippen molar-refractivity contribution in [1.82, 2.24) is 4.90 Å². The van der Waals surface area contributed by atoms with Crippen LogP contribution in [0.25, 0.3) is 0 Å². The maximum Gasteiger partial charge on any atom is 0.326 e. The molecule has 1 atom stereocenters. The number of carboxylic acids is 1. The zero-order valence-corrected chi connectivity index (χ0v) is 12.0. The van der Waals surface area contributed by atoms with Gasteiger partial charge in [-0.15, -0.1) is 0 Å². The number of hydrogen-bond acceptors (Lipinski definition) is 2. The van der Waals surface area contributed by atoms with Crippen molar-refractivity contribution in [2.24, 2.45) is 0 Å². The summed E-state index contributed by atoms with van der Waals surface area (Å²) < 4.78 is 13.0. The lowest BCUT2D eigenvalue weighted by Crippen LogP contribution is -2.53. The number of halogens is 1. The average Bonchev–Trinajstić information content (AvgIpc) is 2.49. The minimum Gasteiger partial charge on any atom is -0.480 e. The number of urea groups is 1. The number of rotatable bonds is 3. The maximum absolute atomic E-state index is 13.0. The van der Waals surface area contributed by atoms with Gasteiger partial charge in [-0.1, -0.05) is 0 Å². The average molecular weight is 294 g/mol. The Morgan fingerprint density at radius 3 is 2.57 bits per heavy atom. The predicted molar refractivity (Wildman–Crippen MR) is 76.8 cm³/mol. The van der Waals surface area contributed by atoms with E-state index in [4.69, 9.17) is 0 Å². The van der Waals surface area contributed by atoms with E-state index in [0.717, 1.165) is 12.8 Å². The smallest absolute Gasteiger partial charge is 0.326 e. The number of hydrogen-bond donors (Lipinski definition) is 1. The van der Waals surface area contributed by atoms with Crippen LogP contribution in [-0.4, -0.2) is 41.1 Å². The number of piperidine rings is 1. The molecule has 2 amide bonds. The molecule has 1 aliphatic rings. The first-order chi connectivity index (χ1) is 10.0. The minimum atomic E-state index is -0.974. The van der Waals surface area contributed by atoms with Gasteiger partial charge in [0.15, 0.2) is 0 Å². The van der Waals surface area contributed by atoms with Crippen molar-refractivity contribution >= 4 is 17.7 Å². The van der Waals surface area contributed by atoms with E-state index in [1.54, 1.807) is 6.92 Å². The molecule has 1 aliphatic heterocycles. The normalized spacial score (nSPS) is 18.4. The molecule has 6 heteroatoms. The Kier molecular flexibility index (Phi) is 4.77. The van der Waals surface area contributed by atoms with Crippen molar-refractivity contribution in [1.29, 1.82) is 0 Å². The van der Waals surface area contributed by atoms with Crippen LogP contribution in [0.2, 0.25) is 0 Å². The van der Waals surface area contributed by atoms with Gasteiger partial charge in [0.2, 0.25) is 0 Å². The summed E-state index contributed by atoms with van der Waals surface area (Å²) >= 11 is 0. The number of likely N-dealkylation sites (tertiary alicyclic amines) is 1. The van der Waals surface area contributed by atoms with Gasteiger partial charge in [0.25, 0.3) is 0 Å². The quantitative estimate of drug-likeness (QED) is 0.932. The van der Waals surface area contributed by atoms with Crippen LogP contribution >= 0.6 is 0 Å². The van der Waals surface area contributed by atoms with Gasteiger partial charge in [0.05, 0.1) is 0 Å². The topological polar surface area (TPSA) is 60.9 Å². The fourth-order valence-electron chi connectivity index (χ4n) is 2.62. The van der Waals surface area contributed by atoms with Crippen molar-refractivity contribution < 1.29 is 19.1 Å². The van der Waals surface area contributed by atoms with Gasteiger partial charge in [-0.05, 0) is 50.5 Å². The molecule has 1 N–H and O–H groups in total. The summed E-state index contributed by atoms with van der Waals surface area (Å²) in [7, 11) is 0. The third-order valence-electron chi connectivity index (χ3n) is 3.72. The van der Waals surface area contributed by atoms with Crippen LogP contribution in [0.3, 0.4) is 0 Å². The summed E-state index contributed by atoms with van der Waals surface area (Å²) in [5.74, 6) is -1.35. The van der Waals surface area contributed by atoms with Crippen LogP contribution in [0.15, 0.2) is 24.3 Å². The van der Waals surface area contributed by atoms with Crippen LogP contribution in [0.5, 0.6) is 0 Å². The van der Waals surface area contributed by atoms with E-state index >= 15 is 0 Å². The Bertz CT molecular complexity index is 518. The third kappa shape index (κ3) is 3.32. The molecule has 1 aromatic rings. The Morgan fingerprint density at radius 1 is 1.33 bits per heavy atom. The number of carboxylic acid groups (broad SMARTS) is 1. The van der Waals surface area contributed by atoms with E-state index in [1.807, 2.05) is 0 Å². The van der Waals surface area contributed by atoms with Crippen LogP contribution in [0.4, 0.5) is 14.9 Å². The summed E-state index contributed by atoms with van der Waals surface area (Å²) in [6.45, 7) is 2.64. The van der Waals surface area contributed by atoms with Gasteiger partial charge in [-0.3, -0.25) is 4.90 Å². The highest BCUT2D eigenvalue weighted by Gasteiger charge is 2.34. The summed E-state index contributed by atoms with van der Waals surface area (Å²) in [5.41, 5.74) is 0.568. The Hall–Kier alpha value is -2.11. The van der Waals surface area contributed by atoms with Gasteiger partial charge >= 0.3 is 12.0 Å². The monoisotopic (exact) mass is 294 g/mol. The second-order valence-electron chi connectivity index (χ2n) is 5.05. The summed E-state index contributed by atoms with van der Waals surface area (Å²) in [5, 5.41) is 9.26. The van der Waals surface area contributed by atoms with E-state index in [9.17, 15) is 19.1 Å². The largest absolute Gasteiger partial charge is 0.480 e. The molecule has 1 aromatic carbocycles. The Labute approximate surface area is 123 Å². The van der Waals surface area contributed by atoms with E-state index in [0.29, 0.717) is 25.2 Å². The molecule has 0 saturated carbocycles. The second kappa shape index (κ2) is 6.56. The summed E-state index contributed by atoms with van der Waals surface area (Å²) in [4.78, 5) is 26.8. The molecule has 0 bridgehead atoms. The highest BCUT2D eigenvalue weighted by molar-refractivity contribution is 5.94. The lowest BCUT2D eigenvalue weighted by Gasteiger charge is -2.36. The van der Waals surface area contributed by atoms with E-state index in [-0.39, 0.29) is 11.8 Å². The summed E-state index contributed by atoms with van der Waals surface area (Å²) in [6, 6.07) is 4.51. The van der Waals surface area contributed by atoms with Gasteiger partial charge in [-0.2, -0.15) is 0 Å². The number of carbonyl (C=O) groups excluding carboxylic acids is 1. The Balaban J connectivity index is 2.22. The van der Waals surface area contributed by atoms with Crippen LogP contribution in [0, 0.1) is 5.82 Å². The lowest BCUT2D eigenvalue weighted by atomic mass is 10.0. The van der Waals surface area contributed by atoms with Crippen LogP contribution in [-0.2, 0) is 4.79 Å². The standard InChI is InChI=1S/C15H19FN2O3/c1-2-17(12-8-6-11(16)7-9-12)15(21)18-10-4-3-5-13(18)14(19)20/h6-9,13H,2-5,10H2,1H3,(H,19,20). The van der Waals surface area contributed by atoms with Gasteiger partial charge in [0, 0.05) is 18.8 Å². The fraction of sp³-hybridized carbons (Fsp3) is 0.467. The molecule has 21 heavy (non-hydrogen) atoms. The van der Waals surface area contributed by atoms with Crippen LogP contribution in [0.1, 0.15) is 26.2 Å². The fourth-order valence-corrected chi connectivity index (χ4v) is 2.62. The van der Waals surface area contributed by atoms with Crippen molar-refractivity contribution in [2.45, 2.75) is 32.2 Å². The first-order valence-corrected chi connectivity index (χ1v) is 7.11. The van der Waals surface area contributed by atoms with Crippen molar-refractivity contribution in [3.63, 3.8) is 0 Å². The molecular weight excluding hydrogens is 275 g/mol. The molecule has 0 spiro atoms. The molecule has 0 aromatic heterocycles. The van der Waals surface area contributed by atoms with Gasteiger partial charge in [-0.25, -0.2) is 14.0 Å². The molecule has 0 radical (unpaired) electrons. The van der Waals surface area contributed by atoms with Gasteiger partial charge in [0.1, 0.15) is 11.9 Å². The number of aliphatic carboxylic acids is 1. The number of nitrogens with zero attached hydrogens (tertiary/aromatic N) is 2. The Morgan fingerprint density at radius 2 is 2.00 bits per heavy atom. The van der Waals surface area contributed by atoms with Crippen molar-refractivity contribution in [3.05, 3.63) is 30.1 Å². The predicted octanol–water partition coefficient (Wildman–Crippen LogP) is 2.71. The van der Waals surface area contributed by atoms with Crippen LogP contribution < -0.4 is 4.90 Å².